The second kappa shape index (κ2) is 7.59. The Hall–Kier alpha value is -2.18. The Kier molecular flexibility index (Phi) is 5.27. The topological polar surface area (TPSA) is 84.4 Å². The third kappa shape index (κ3) is 3.49. The summed E-state index contributed by atoms with van der Waals surface area (Å²) in [5.74, 6) is 0.101. The van der Waals surface area contributed by atoms with E-state index in [2.05, 4.69) is 10.00 Å². The maximum atomic E-state index is 12.0. The third-order valence-electron chi connectivity index (χ3n) is 4.76. The molecule has 0 radical (unpaired) electrons. The zero-order valence-electron chi connectivity index (χ0n) is 13.7. The van der Waals surface area contributed by atoms with Gasteiger partial charge in [-0.25, -0.2) is 0 Å². The van der Waals surface area contributed by atoms with Crippen LogP contribution >= 0.6 is 0 Å². The molecule has 2 heterocycles. The second-order valence-electron chi connectivity index (χ2n) is 6.23. The minimum atomic E-state index is -0.366. The quantitative estimate of drug-likeness (QED) is 0.837. The number of aliphatic hydroxyl groups excluding tert-OH is 1. The van der Waals surface area contributed by atoms with Gasteiger partial charge in [0, 0.05) is 17.8 Å². The second-order valence-corrected chi connectivity index (χ2v) is 6.23. The van der Waals surface area contributed by atoms with Crippen molar-refractivity contribution < 1.29 is 9.90 Å². The summed E-state index contributed by atoms with van der Waals surface area (Å²) in [4.78, 5) is 14.2. The number of amides is 1. The van der Waals surface area contributed by atoms with Crippen molar-refractivity contribution in [2.45, 2.75) is 31.3 Å². The minimum absolute atomic E-state index is 0.0886. The molecule has 1 aromatic carbocycles. The first-order valence-corrected chi connectivity index (χ1v) is 8.41. The van der Waals surface area contributed by atoms with E-state index in [-0.39, 0.29) is 18.6 Å². The van der Waals surface area contributed by atoms with Crippen molar-refractivity contribution in [2.24, 2.45) is 5.73 Å². The third-order valence-corrected chi connectivity index (χ3v) is 4.76. The number of nitrogens with zero attached hydrogens (tertiary/aromatic N) is 3. The monoisotopic (exact) mass is 328 g/mol. The van der Waals surface area contributed by atoms with Crippen molar-refractivity contribution in [3.05, 3.63) is 53.9 Å². The highest BCUT2D eigenvalue weighted by molar-refractivity contribution is 5.81. The molecular weight excluding hydrogens is 304 g/mol. The largest absolute Gasteiger partial charge is 0.394 e. The first kappa shape index (κ1) is 16.7. The van der Waals surface area contributed by atoms with Gasteiger partial charge in [0.05, 0.1) is 13.2 Å². The normalized spacial score (nSPS) is 17.7. The molecule has 1 fully saturated rings. The number of aromatic nitrogens is 2. The summed E-state index contributed by atoms with van der Waals surface area (Å²) < 4.78 is 1.88. The molecule has 1 atom stereocenters. The maximum Gasteiger partial charge on any atom is 0.239 e. The van der Waals surface area contributed by atoms with Gasteiger partial charge in [-0.05, 0) is 37.6 Å². The zero-order chi connectivity index (χ0) is 16.9. The van der Waals surface area contributed by atoms with Crippen LogP contribution in [0.2, 0.25) is 0 Å². The van der Waals surface area contributed by atoms with E-state index in [0.717, 1.165) is 31.5 Å². The van der Waals surface area contributed by atoms with E-state index in [1.807, 2.05) is 41.1 Å². The fourth-order valence-corrected chi connectivity index (χ4v) is 3.62. The van der Waals surface area contributed by atoms with Gasteiger partial charge in [-0.15, -0.1) is 0 Å². The van der Waals surface area contributed by atoms with E-state index >= 15 is 0 Å². The van der Waals surface area contributed by atoms with Gasteiger partial charge in [0.25, 0.3) is 0 Å². The van der Waals surface area contributed by atoms with Gasteiger partial charge >= 0.3 is 0 Å². The Labute approximate surface area is 141 Å². The van der Waals surface area contributed by atoms with Gasteiger partial charge in [-0.3, -0.25) is 14.4 Å². The van der Waals surface area contributed by atoms with Crippen molar-refractivity contribution in [1.82, 2.24) is 14.7 Å². The molecule has 3 N–H and O–H groups in total. The highest BCUT2D eigenvalue weighted by Crippen LogP contribution is 2.32. The molecule has 1 aromatic heterocycles. The van der Waals surface area contributed by atoms with E-state index in [1.165, 1.54) is 5.69 Å². The van der Waals surface area contributed by atoms with E-state index in [1.54, 1.807) is 6.20 Å². The predicted molar refractivity (Wildman–Crippen MR) is 91.2 cm³/mol. The van der Waals surface area contributed by atoms with Crippen LogP contribution in [-0.4, -0.2) is 45.4 Å². The van der Waals surface area contributed by atoms with Gasteiger partial charge in [-0.1, -0.05) is 30.3 Å². The SMILES string of the molecule is NC(=O)[C@@H](c1ccccc1)N1CCC(c2ccnn2CCO)CC1. The van der Waals surface area contributed by atoms with Crippen molar-refractivity contribution in [1.29, 1.82) is 0 Å². The molecule has 1 saturated heterocycles. The van der Waals surface area contributed by atoms with Crippen LogP contribution < -0.4 is 5.73 Å². The zero-order valence-corrected chi connectivity index (χ0v) is 13.7. The number of aliphatic hydroxyl groups is 1. The number of benzene rings is 1. The lowest BCUT2D eigenvalue weighted by molar-refractivity contribution is -0.124. The molecule has 24 heavy (non-hydrogen) atoms. The number of carbonyl (C=O) groups excluding carboxylic acids is 1. The number of carbonyl (C=O) groups is 1. The van der Waals surface area contributed by atoms with Crippen LogP contribution in [-0.2, 0) is 11.3 Å². The van der Waals surface area contributed by atoms with E-state index in [4.69, 9.17) is 10.8 Å². The molecule has 6 nitrogen and oxygen atoms in total. The highest BCUT2D eigenvalue weighted by atomic mass is 16.3. The number of hydrogen-bond donors (Lipinski definition) is 2. The van der Waals surface area contributed by atoms with Crippen molar-refractivity contribution in [3.63, 3.8) is 0 Å². The summed E-state index contributed by atoms with van der Waals surface area (Å²) in [7, 11) is 0. The summed E-state index contributed by atoms with van der Waals surface area (Å²) >= 11 is 0. The number of piperidine rings is 1. The Morgan fingerprint density at radius 1 is 1.25 bits per heavy atom. The van der Waals surface area contributed by atoms with Crippen molar-refractivity contribution in [3.8, 4) is 0 Å². The smallest absolute Gasteiger partial charge is 0.239 e. The molecule has 0 aliphatic carbocycles. The molecule has 1 aliphatic heterocycles. The summed E-state index contributed by atoms with van der Waals surface area (Å²) in [5, 5.41) is 13.4. The Morgan fingerprint density at radius 2 is 1.96 bits per heavy atom. The van der Waals surface area contributed by atoms with Crippen LogP contribution in [0.5, 0.6) is 0 Å². The Balaban J connectivity index is 1.69. The summed E-state index contributed by atoms with van der Waals surface area (Å²) in [6.07, 6.45) is 3.69. The molecule has 1 amide bonds. The summed E-state index contributed by atoms with van der Waals surface area (Å²) in [5.41, 5.74) is 7.79. The Morgan fingerprint density at radius 3 is 2.58 bits per heavy atom. The lowest BCUT2D eigenvalue weighted by atomic mass is 9.91. The van der Waals surface area contributed by atoms with Gasteiger partial charge in [0.15, 0.2) is 0 Å². The average Bonchev–Trinajstić information content (AvgIpc) is 3.05. The molecule has 0 spiro atoms. The van der Waals surface area contributed by atoms with Crippen LogP contribution in [0.15, 0.2) is 42.6 Å². The minimum Gasteiger partial charge on any atom is -0.394 e. The number of nitrogens with two attached hydrogens (primary N) is 1. The fourth-order valence-electron chi connectivity index (χ4n) is 3.62. The van der Waals surface area contributed by atoms with E-state index in [9.17, 15) is 4.79 Å². The van der Waals surface area contributed by atoms with E-state index < -0.39 is 0 Å². The molecule has 0 unspecified atom stereocenters. The summed E-state index contributed by atoms with van der Waals surface area (Å²) in [6.45, 7) is 2.25. The molecule has 1 aliphatic rings. The number of likely N-dealkylation sites (tertiary alicyclic amines) is 1. The van der Waals surface area contributed by atoms with Crippen molar-refractivity contribution in [2.75, 3.05) is 19.7 Å². The van der Waals surface area contributed by atoms with Gasteiger partial charge in [0.2, 0.25) is 5.91 Å². The molecular formula is C18H24N4O2. The maximum absolute atomic E-state index is 12.0. The Bertz CT molecular complexity index is 663. The number of primary amides is 1. The number of hydrogen-bond acceptors (Lipinski definition) is 4. The van der Waals surface area contributed by atoms with Gasteiger partial charge in [0.1, 0.15) is 6.04 Å². The van der Waals surface area contributed by atoms with Crippen LogP contribution in [0.3, 0.4) is 0 Å². The molecule has 0 saturated carbocycles. The van der Waals surface area contributed by atoms with Crippen LogP contribution in [0.1, 0.15) is 36.1 Å². The fraction of sp³-hybridized carbons (Fsp3) is 0.444. The van der Waals surface area contributed by atoms with Gasteiger partial charge in [-0.2, -0.15) is 5.10 Å². The molecule has 6 heteroatoms. The number of rotatable bonds is 6. The first-order chi connectivity index (χ1) is 11.7. The molecule has 2 aromatic rings. The molecule has 0 bridgehead atoms. The summed E-state index contributed by atoms with van der Waals surface area (Å²) in [6, 6.07) is 11.4. The standard InChI is InChI=1S/C18H24N4O2/c19-18(24)17(15-4-2-1-3-5-15)21-10-7-14(8-11-21)16-6-9-20-22(16)12-13-23/h1-6,9,14,17,23H,7-8,10-13H2,(H2,19,24)/t17-/m1/s1. The predicted octanol–water partition coefficient (Wildman–Crippen LogP) is 1.28. The lowest BCUT2D eigenvalue weighted by Crippen LogP contribution is -2.42. The molecule has 3 rings (SSSR count). The molecule has 128 valence electrons. The van der Waals surface area contributed by atoms with Crippen LogP contribution in [0.4, 0.5) is 0 Å². The van der Waals surface area contributed by atoms with Crippen molar-refractivity contribution >= 4 is 5.91 Å². The average molecular weight is 328 g/mol. The first-order valence-electron chi connectivity index (χ1n) is 8.41. The van der Waals surface area contributed by atoms with E-state index in [0.29, 0.717) is 12.5 Å². The van der Waals surface area contributed by atoms with Crippen LogP contribution in [0.25, 0.3) is 0 Å². The van der Waals surface area contributed by atoms with Crippen LogP contribution in [0, 0.1) is 0 Å². The highest BCUT2D eigenvalue weighted by Gasteiger charge is 2.31. The van der Waals surface area contributed by atoms with Gasteiger partial charge < -0.3 is 10.8 Å². The lowest BCUT2D eigenvalue weighted by Gasteiger charge is -2.36.